The average molecular weight is 274 g/mol. The molecular formula is C16H19FN2O. The number of carbonyl (C=O) groups is 1. The minimum Gasteiger partial charge on any atom is -0.338 e. The summed E-state index contributed by atoms with van der Waals surface area (Å²) in [5, 5.41) is 0. The second-order valence-electron chi connectivity index (χ2n) is 5.10. The van der Waals surface area contributed by atoms with Gasteiger partial charge in [0.1, 0.15) is 5.69 Å². The van der Waals surface area contributed by atoms with E-state index in [1.165, 1.54) is 0 Å². The van der Waals surface area contributed by atoms with Crippen molar-refractivity contribution in [3.05, 3.63) is 30.1 Å². The number of aromatic nitrogens is 1. The molecule has 2 rings (SSSR count). The summed E-state index contributed by atoms with van der Waals surface area (Å²) < 4.78 is 14.5. The highest BCUT2D eigenvalue weighted by molar-refractivity contribution is 5.76. The number of hydrogen-bond donors (Lipinski definition) is 0. The molecular weight excluding hydrogens is 255 g/mol. The lowest BCUT2D eigenvalue weighted by Crippen LogP contribution is -2.32. The number of nitrogens with zero attached hydrogens (tertiary/aromatic N) is 2. The van der Waals surface area contributed by atoms with Crippen molar-refractivity contribution in [3.8, 4) is 11.8 Å². The van der Waals surface area contributed by atoms with Crippen LogP contribution in [-0.2, 0) is 4.79 Å². The van der Waals surface area contributed by atoms with E-state index in [1.54, 1.807) is 23.2 Å². The third-order valence-corrected chi connectivity index (χ3v) is 3.40. The van der Waals surface area contributed by atoms with E-state index in [0.29, 0.717) is 18.7 Å². The minimum absolute atomic E-state index is 0.0333. The van der Waals surface area contributed by atoms with E-state index in [0.717, 1.165) is 12.8 Å². The van der Waals surface area contributed by atoms with E-state index in [9.17, 15) is 9.18 Å². The van der Waals surface area contributed by atoms with Gasteiger partial charge in [0.15, 0.2) is 5.67 Å². The van der Waals surface area contributed by atoms with E-state index in [2.05, 4.69) is 16.8 Å². The fraction of sp³-hybridized carbons (Fsp3) is 0.500. The highest BCUT2D eigenvalue weighted by Gasteiger charge is 2.38. The summed E-state index contributed by atoms with van der Waals surface area (Å²) in [4.78, 5) is 17.5. The van der Waals surface area contributed by atoms with E-state index >= 15 is 0 Å². The lowest BCUT2D eigenvalue weighted by molar-refractivity contribution is -0.130. The van der Waals surface area contributed by atoms with Crippen molar-refractivity contribution in [2.45, 2.75) is 38.3 Å². The standard InChI is InChI=1S/C16H19FN2O/c1-2-3-7-15(20)19-12-10-16(17,13-19)9-8-14-6-4-5-11-18-14/h4-6,11H,2-3,7,10,12-13H2,1H3. The van der Waals surface area contributed by atoms with Crippen LogP contribution in [0.5, 0.6) is 0 Å². The second kappa shape index (κ2) is 6.51. The predicted octanol–water partition coefficient (Wildman–Crippen LogP) is 2.56. The molecule has 2 heterocycles. The lowest BCUT2D eigenvalue weighted by atomic mass is 10.1. The largest absolute Gasteiger partial charge is 0.338 e. The van der Waals surface area contributed by atoms with Crippen LogP contribution in [0.2, 0.25) is 0 Å². The first kappa shape index (κ1) is 14.5. The Morgan fingerprint density at radius 3 is 3.10 bits per heavy atom. The molecule has 1 amide bonds. The maximum atomic E-state index is 14.5. The monoisotopic (exact) mass is 274 g/mol. The summed E-state index contributed by atoms with van der Waals surface area (Å²) in [6.07, 6.45) is 4.24. The first-order valence-corrected chi connectivity index (χ1v) is 7.04. The number of rotatable bonds is 3. The molecule has 1 atom stereocenters. The van der Waals surface area contributed by atoms with Crippen LogP contribution in [0.4, 0.5) is 4.39 Å². The van der Waals surface area contributed by atoms with Crippen LogP contribution < -0.4 is 0 Å². The molecule has 0 radical (unpaired) electrons. The fourth-order valence-corrected chi connectivity index (χ4v) is 2.19. The molecule has 0 bridgehead atoms. The Kier molecular flexibility index (Phi) is 4.73. The van der Waals surface area contributed by atoms with Crippen LogP contribution in [0.1, 0.15) is 38.3 Å². The van der Waals surface area contributed by atoms with Gasteiger partial charge in [0, 0.05) is 25.6 Å². The highest BCUT2D eigenvalue weighted by atomic mass is 19.1. The summed E-state index contributed by atoms with van der Waals surface area (Å²) in [7, 11) is 0. The first-order chi connectivity index (χ1) is 9.63. The summed E-state index contributed by atoms with van der Waals surface area (Å²) in [6, 6.07) is 5.35. The molecule has 0 spiro atoms. The predicted molar refractivity (Wildman–Crippen MR) is 75.7 cm³/mol. The van der Waals surface area contributed by atoms with E-state index in [4.69, 9.17) is 0 Å². The SMILES string of the molecule is CCCCC(=O)N1CCC(F)(C#Cc2ccccn2)C1. The number of pyridine rings is 1. The highest BCUT2D eigenvalue weighted by Crippen LogP contribution is 2.25. The smallest absolute Gasteiger partial charge is 0.222 e. The van der Waals surface area contributed by atoms with Crippen molar-refractivity contribution < 1.29 is 9.18 Å². The van der Waals surface area contributed by atoms with Crippen LogP contribution >= 0.6 is 0 Å². The van der Waals surface area contributed by atoms with Crippen molar-refractivity contribution >= 4 is 5.91 Å². The van der Waals surface area contributed by atoms with Crippen molar-refractivity contribution in [1.29, 1.82) is 0 Å². The number of amides is 1. The minimum atomic E-state index is -1.60. The quantitative estimate of drug-likeness (QED) is 0.794. The van der Waals surface area contributed by atoms with Crippen LogP contribution in [0.15, 0.2) is 24.4 Å². The normalized spacial score (nSPS) is 21.4. The molecule has 1 saturated heterocycles. The third kappa shape index (κ3) is 3.80. The van der Waals surface area contributed by atoms with Gasteiger partial charge in [0.2, 0.25) is 5.91 Å². The number of hydrogen-bond acceptors (Lipinski definition) is 2. The third-order valence-electron chi connectivity index (χ3n) is 3.40. The molecule has 0 N–H and O–H groups in total. The van der Waals surface area contributed by atoms with Crippen molar-refractivity contribution in [1.82, 2.24) is 9.88 Å². The Hall–Kier alpha value is -1.89. The molecule has 1 aromatic rings. The number of likely N-dealkylation sites (tertiary alicyclic amines) is 1. The number of alkyl halides is 1. The molecule has 106 valence electrons. The molecule has 0 aromatic carbocycles. The topological polar surface area (TPSA) is 33.2 Å². The zero-order chi connectivity index (χ0) is 14.4. The lowest BCUT2D eigenvalue weighted by Gasteiger charge is -2.16. The molecule has 0 saturated carbocycles. The maximum Gasteiger partial charge on any atom is 0.222 e. The van der Waals surface area contributed by atoms with Gasteiger partial charge in [0.05, 0.1) is 6.54 Å². The Bertz CT molecular complexity index is 520. The van der Waals surface area contributed by atoms with E-state index in [-0.39, 0.29) is 18.9 Å². The Morgan fingerprint density at radius 2 is 2.40 bits per heavy atom. The molecule has 1 fully saturated rings. The van der Waals surface area contributed by atoms with Gasteiger partial charge >= 0.3 is 0 Å². The van der Waals surface area contributed by atoms with Gasteiger partial charge in [0.25, 0.3) is 0 Å². The molecule has 4 heteroatoms. The Morgan fingerprint density at radius 1 is 1.55 bits per heavy atom. The van der Waals surface area contributed by atoms with Crippen LogP contribution in [-0.4, -0.2) is 34.5 Å². The summed E-state index contributed by atoms with van der Waals surface area (Å²) in [5.74, 6) is 5.43. The molecule has 0 aliphatic carbocycles. The van der Waals surface area contributed by atoms with Gasteiger partial charge in [-0.1, -0.05) is 25.3 Å². The molecule has 1 unspecified atom stereocenters. The van der Waals surface area contributed by atoms with Gasteiger partial charge in [-0.25, -0.2) is 9.37 Å². The Balaban J connectivity index is 1.97. The van der Waals surface area contributed by atoms with E-state index in [1.807, 2.05) is 13.0 Å². The fourth-order valence-electron chi connectivity index (χ4n) is 2.19. The van der Waals surface area contributed by atoms with E-state index < -0.39 is 5.67 Å². The summed E-state index contributed by atoms with van der Waals surface area (Å²) >= 11 is 0. The number of unbranched alkanes of at least 4 members (excludes halogenated alkanes) is 1. The summed E-state index contributed by atoms with van der Waals surface area (Å²) in [5.41, 5.74) is -1.04. The van der Waals surface area contributed by atoms with Crippen molar-refractivity contribution in [3.63, 3.8) is 0 Å². The average Bonchev–Trinajstić information content (AvgIpc) is 2.87. The second-order valence-corrected chi connectivity index (χ2v) is 5.10. The van der Waals surface area contributed by atoms with Gasteiger partial charge in [-0.15, -0.1) is 0 Å². The molecule has 20 heavy (non-hydrogen) atoms. The van der Waals surface area contributed by atoms with Crippen LogP contribution in [0.25, 0.3) is 0 Å². The number of halogens is 1. The molecule has 3 nitrogen and oxygen atoms in total. The number of carbonyl (C=O) groups excluding carboxylic acids is 1. The summed E-state index contributed by atoms with van der Waals surface area (Å²) in [6.45, 7) is 2.57. The van der Waals surface area contributed by atoms with Crippen LogP contribution in [0.3, 0.4) is 0 Å². The van der Waals surface area contributed by atoms with Gasteiger partial charge in [-0.3, -0.25) is 4.79 Å². The molecule has 1 aliphatic heterocycles. The zero-order valence-corrected chi connectivity index (χ0v) is 11.7. The van der Waals surface area contributed by atoms with Crippen molar-refractivity contribution in [2.75, 3.05) is 13.1 Å². The van der Waals surface area contributed by atoms with Gasteiger partial charge in [-0.05, 0) is 24.5 Å². The van der Waals surface area contributed by atoms with Gasteiger partial charge in [-0.2, -0.15) is 0 Å². The molecule has 1 aliphatic rings. The van der Waals surface area contributed by atoms with Crippen molar-refractivity contribution in [2.24, 2.45) is 0 Å². The van der Waals surface area contributed by atoms with Crippen LogP contribution in [0, 0.1) is 11.8 Å². The first-order valence-electron chi connectivity index (χ1n) is 7.04. The molecule has 1 aromatic heterocycles. The zero-order valence-electron chi connectivity index (χ0n) is 11.7. The van der Waals surface area contributed by atoms with Gasteiger partial charge < -0.3 is 4.90 Å². The maximum absolute atomic E-state index is 14.5. The Labute approximate surface area is 119 Å².